The van der Waals surface area contributed by atoms with Crippen molar-refractivity contribution in [2.75, 3.05) is 0 Å². The molecule has 3 heteroatoms. The summed E-state index contributed by atoms with van der Waals surface area (Å²) < 4.78 is 3.00. The third-order valence-electron chi connectivity index (χ3n) is 2.07. The zero-order valence-electron chi connectivity index (χ0n) is 9.01. The molecule has 0 saturated carbocycles. The van der Waals surface area contributed by atoms with Crippen LogP contribution >= 0.6 is 12.2 Å². The van der Waals surface area contributed by atoms with Crippen molar-refractivity contribution in [3.8, 4) is 0 Å². The van der Waals surface area contributed by atoms with E-state index in [4.69, 9.17) is 12.2 Å². The first-order chi connectivity index (χ1) is 5.84. The molecule has 1 aromatic heterocycles. The first kappa shape index (κ1) is 10.5. The Bertz CT molecular complexity index is 339. The van der Waals surface area contributed by atoms with Gasteiger partial charge in [-0.15, -0.1) is 0 Å². The second-order valence-corrected chi connectivity index (χ2v) is 5.07. The van der Waals surface area contributed by atoms with Crippen LogP contribution in [0.4, 0.5) is 0 Å². The van der Waals surface area contributed by atoms with Gasteiger partial charge in [-0.3, -0.25) is 0 Å². The van der Waals surface area contributed by atoms with Gasteiger partial charge in [0, 0.05) is 17.4 Å². The number of hydrogen-bond acceptors (Lipinski definition) is 1. The summed E-state index contributed by atoms with van der Waals surface area (Å²) in [7, 11) is 0. The highest BCUT2D eigenvalue weighted by atomic mass is 32.1. The minimum atomic E-state index is 0.0662. The minimum Gasteiger partial charge on any atom is -0.337 e. The number of nitrogens with zero attached hydrogens (tertiary/aromatic N) is 1. The molecule has 0 unspecified atom stereocenters. The van der Waals surface area contributed by atoms with Crippen molar-refractivity contribution in [2.45, 2.75) is 46.1 Å². The Balaban J connectivity index is 3.33. The molecule has 0 aliphatic carbocycles. The second kappa shape index (κ2) is 3.29. The molecule has 2 nitrogen and oxygen atoms in total. The zero-order valence-corrected chi connectivity index (χ0v) is 9.83. The van der Waals surface area contributed by atoms with Gasteiger partial charge in [0.05, 0.1) is 0 Å². The predicted molar refractivity (Wildman–Crippen MR) is 58.7 cm³/mol. The maximum atomic E-state index is 5.25. The van der Waals surface area contributed by atoms with Crippen molar-refractivity contribution in [3.05, 3.63) is 16.7 Å². The van der Waals surface area contributed by atoms with Crippen LogP contribution in [0.25, 0.3) is 0 Å². The third-order valence-corrected chi connectivity index (χ3v) is 2.37. The smallest absolute Gasteiger partial charge is 0.177 e. The molecule has 0 radical (unpaired) electrons. The van der Waals surface area contributed by atoms with Crippen LogP contribution in [-0.2, 0) is 5.54 Å². The summed E-state index contributed by atoms with van der Waals surface area (Å²) in [5.41, 5.74) is 1.34. The Morgan fingerprint density at radius 1 is 1.38 bits per heavy atom. The third kappa shape index (κ3) is 2.02. The molecule has 1 N–H and O–H groups in total. The van der Waals surface area contributed by atoms with Crippen molar-refractivity contribution in [3.63, 3.8) is 0 Å². The Kier molecular flexibility index (Phi) is 2.66. The topological polar surface area (TPSA) is 20.7 Å². The molecule has 13 heavy (non-hydrogen) atoms. The molecule has 0 aromatic carbocycles. The molecule has 1 heterocycles. The van der Waals surface area contributed by atoms with Gasteiger partial charge in [0.1, 0.15) is 0 Å². The number of H-pyrrole nitrogens is 1. The number of aromatic nitrogens is 2. The number of hydrogen-bond donors (Lipinski definition) is 1. The summed E-state index contributed by atoms with van der Waals surface area (Å²) in [6.07, 6.45) is 2.01. The van der Waals surface area contributed by atoms with E-state index in [1.807, 2.05) is 6.20 Å². The van der Waals surface area contributed by atoms with E-state index in [9.17, 15) is 0 Å². The Morgan fingerprint density at radius 2 is 1.92 bits per heavy atom. The summed E-state index contributed by atoms with van der Waals surface area (Å²) in [5.74, 6) is 0.507. The van der Waals surface area contributed by atoms with E-state index >= 15 is 0 Å². The molecule has 0 bridgehead atoms. The fourth-order valence-corrected chi connectivity index (χ4v) is 1.94. The van der Waals surface area contributed by atoms with E-state index in [0.29, 0.717) is 5.92 Å². The van der Waals surface area contributed by atoms with Gasteiger partial charge in [-0.2, -0.15) is 0 Å². The molecule has 0 aliphatic rings. The molecule has 74 valence electrons. The fraction of sp³-hybridized carbons (Fsp3) is 0.700. The Labute approximate surface area is 85.0 Å². The van der Waals surface area contributed by atoms with Crippen LogP contribution < -0.4 is 0 Å². The Morgan fingerprint density at radius 3 is 2.23 bits per heavy atom. The molecule has 0 amide bonds. The Hall–Kier alpha value is -0.570. The van der Waals surface area contributed by atoms with Crippen molar-refractivity contribution < 1.29 is 0 Å². The molecular formula is C10H18N2S. The maximum Gasteiger partial charge on any atom is 0.177 e. The molecule has 0 saturated heterocycles. The molecule has 1 aromatic rings. The molecular weight excluding hydrogens is 180 g/mol. The lowest BCUT2D eigenvalue weighted by Crippen LogP contribution is -2.24. The minimum absolute atomic E-state index is 0.0662. The summed E-state index contributed by atoms with van der Waals surface area (Å²) in [5, 5.41) is 0. The van der Waals surface area contributed by atoms with Crippen LogP contribution in [0.5, 0.6) is 0 Å². The van der Waals surface area contributed by atoms with E-state index in [2.05, 4.69) is 44.2 Å². The summed E-state index contributed by atoms with van der Waals surface area (Å²) in [6, 6.07) is 0. The highest BCUT2D eigenvalue weighted by molar-refractivity contribution is 7.71. The van der Waals surface area contributed by atoms with Crippen LogP contribution in [0, 0.1) is 4.77 Å². The van der Waals surface area contributed by atoms with E-state index in [1.54, 1.807) is 0 Å². The van der Waals surface area contributed by atoms with Crippen LogP contribution in [0.2, 0.25) is 0 Å². The zero-order chi connectivity index (χ0) is 10.2. The van der Waals surface area contributed by atoms with E-state index in [-0.39, 0.29) is 5.54 Å². The lowest BCUT2D eigenvalue weighted by atomic mass is 10.1. The van der Waals surface area contributed by atoms with Crippen molar-refractivity contribution >= 4 is 12.2 Å². The van der Waals surface area contributed by atoms with Crippen molar-refractivity contribution in [2.24, 2.45) is 0 Å². The normalized spacial score (nSPS) is 12.5. The van der Waals surface area contributed by atoms with Crippen LogP contribution in [0.1, 0.15) is 46.2 Å². The lowest BCUT2D eigenvalue weighted by molar-refractivity contribution is 0.375. The van der Waals surface area contributed by atoms with Gasteiger partial charge in [-0.25, -0.2) is 0 Å². The standard InChI is InChI=1S/C10H18N2S/c1-7(2)8-6-11-9(13)12(8)10(3,4)5/h6-7H,1-5H3,(H,11,13). The first-order valence-corrected chi connectivity index (χ1v) is 5.05. The summed E-state index contributed by atoms with van der Waals surface area (Å²) >= 11 is 5.25. The van der Waals surface area contributed by atoms with Gasteiger partial charge < -0.3 is 9.55 Å². The van der Waals surface area contributed by atoms with E-state index < -0.39 is 0 Å². The van der Waals surface area contributed by atoms with Crippen LogP contribution in [0.3, 0.4) is 0 Å². The number of nitrogens with one attached hydrogen (secondary N) is 1. The predicted octanol–water partition coefficient (Wildman–Crippen LogP) is 3.42. The van der Waals surface area contributed by atoms with Gasteiger partial charge in [0.2, 0.25) is 0 Å². The summed E-state index contributed by atoms with van der Waals surface area (Å²) in [6.45, 7) is 10.9. The van der Waals surface area contributed by atoms with E-state index in [0.717, 1.165) is 4.77 Å². The van der Waals surface area contributed by atoms with Gasteiger partial charge in [0.15, 0.2) is 4.77 Å². The van der Waals surface area contributed by atoms with E-state index in [1.165, 1.54) is 5.69 Å². The number of imidazole rings is 1. The lowest BCUT2D eigenvalue weighted by Gasteiger charge is -2.25. The maximum absolute atomic E-state index is 5.25. The van der Waals surface area contributed by atoms with Gasteiger partial charge in [0.25, 0.3) is 0 Å². The molecule has 0 aliphatic heterocycles. The largest absolute Gasteiger partial charge is 0.337 e. The van der Waals surface area contributed by atoms with Crippen LogP contribution in [0.15, 0.2) is 6.20 Å². The monoisotopic (exact) mass is 198 g/mol. The average molecular weight is 198 g/mol. The van der Waals surface area contributed by atoms with Crippen molar-refractivity contribution in [1.29, 1.82) is 0 Å². The molecule has 1 rings (SSSR count). The fourth-order valence-electron chi connectivity index (χ4n) is 1.50. The highest BCUT2D eigenvalue weighted by Gasteiger charge is 2.19. The van der Waals surface area contributed by atoms with Gasteiger partial charge in [-0.05, 0) is 38.9 Å². The van der Waals surface area contributed by atoms with Gasteiger partial charge in [-0.1, -0.05) is 13.8 Å². The summed E-state index contributed by atoms with van der Waals surface area (Å²) in [4.78, 5) is 3.10. The SMILES string of the molecule is CC(C)c1c[nH]c(=S)n1C(C)(C)C. The molecule has 0 atom stereocenters. The first-order valence-electron chi connectivity index (χ1n) is 4.65. The molecule has 0 fully saturated rings. The highest BCUT2D eigenvalue weighted by Crippen LogP contribution is 2.22. The van der Waals surface area contributed by atoms with Crippen LogP contribution in [-0.4, -0.2) is 9.55 Å². The number of aromatic amines is 1. The molecule has 0 spiro atoms. The average Bonchev–Trinajstić information content (AvgIpc) is 2.28. The van der Waals surface area contributed by atoms with Gasteiger partial charge >= 0.3 is 0 Å². The number of rotatable bonds is 1. The second-order valence-electron chi connectivity index (χ2n) is 4.68. The quantitative estimate of drug-likeness (QED) is 0.686. The van der Waals surface area contributed by atoms with Crippen molar-refractivity contribution in [1.82, 2.24) is 9.55 Å².